The predicted octanol–water partition coefficient (Wildman–Crippen LogP) is 3.91. The fourth-order valence-electron chi connectivity index (χ4n) is 4.91. The van der Waals surface area contributed by atoms with Crippen molar-refractivity contribution in [1.82, 2.24) is 24.0 Å². The van der Waals surface area contributed by atoms with E-state index in [4.69, 9.17) is 4.74 Å². The maximum atomic E-state index is 13.6. The molecule has 0 radical (unpaired) electrons. The summed E-state index contributed by atoms with van der Waals surface area (Å²) in [6, 6.07) is 5.66. The molecule has 0 bridgehead atoms. The molecule has 1 N–H and O–H groups in total. The topological polar surface area (TPSA) is 102 Å². The van der Waals surface area contributed by atoms with Crippen LogP contribution in [0.1, 0.15) is 42.6 Å². The van der Waals surface area contributed by atoms with Gasteiger partial charge in [0.2, 0.25) is 5.13 Å². The van der Waals surface area contributed by atoms with Crippen molar-refractivity contribution in [1.29, 1.82) is 0 Å². The monoisotopic (exact) mass is 528 g/mol. The maximum absolute atomic E-state index is 13.6. The summed E-state index contributed by atoms with van der Waals surface area (Å²) in [7, 11) is -2.18. The van der Waals surface area contributed by atoms with E-state index < -0.39 is 28.2 Å². The molecule has 2 aromatic heterocycles. The quantitative estimate of drug-likeness (QED) is 0.536. The standard InChI is InChI=1S/C21H23F3N6O3S2/c1-29-17(4-7-26-29)18-10-13(21(22,23)24)5-8-30(18)16-6-9-33-19-11-14(2-3-15(16)19)35(31,32)28-20-25-12-27-34-20/h2-4,7,11-13,16,18H,5-6,8-10H2,1H3,(H,25,27,28)/t13?,16-,18+/m0/s1. The van der Waals surface area contributed by atoms with Crippen LogP contribution in [-0.4, -0.2) is 51.8 Å². The van der Waals surface area contributed by atoms with Gasteiger partial charge in [-0.2, -0.15) is 22.6 Å². The summed E-state index contributed by atoms with van der Waals surface area (Å²) < 4.78 is 80.0. The Morgan fingerprint density at radius 3 is 2.71 bits per heavy atom. The Labute approximate surface area is 204 Å². The number of fused-ring (bicyclic) bond motifs is 1. The molecule has 188 valence electrons. The first kappa shape index (κ1) is 24.0. The summed E-state index contributed by atoms with van der Waals surface area (Å²) in [4.78, 5) is 5.93. The van der Waals surface area contributed by atoms with Crippen molar-refractivity contribution in [2.45, 2.75) is 42.4 Å². The van der Waals surface area contributed by atoms with Gasteiger partial charge in [-0.05, 0) is 25.0 Å². The van der Waals surface area contributed by atoms with Crippen LogP contribution >= 0.6 is 11.5 Å². The minimum atomic E-state index is -4.26. The lowest BCUT2D eigenvalue weighted by Gasteiger charge is -2.45. The number of sulfonamides is 1. The number of ether oxygens (including phenoxy) is 1. The van der Waals surface area contributed by atoms with Crippen molar-refractivity contribution in [3.63, 3.8) is 0 Å². The largest absolute Gasteiger partial charge is 0.493 e. The first-order chi connectivity index (χ1) is 16.6. The van der Waals surface area contributed by atoms with E-state index in [-0.39, 0.29) is 35.5 Å². The molecule has 0 amide bonds. The Balaban J connectivity index is 1.46. The third kappa shape index (κ3) is 4.74. The number of likely N-dealkylation sites (tertiary alicyclic amines) is 1. The molecule has 2 aliphatic heterocycles. The van der Waals surface area contributed by atoms with E-state index in [1.54, 1.807) is 30.1 Å². The van der Waals surface area contributed by atoms with E-state index in [0.717, 1.165) is 17.1 Å². The highest BCUT2D eigenvalue weighted by Gasteiger charge is 2.47. The van der Waals surface area contributed by atoms with Crippen LogP contribution in [0.2, 0.25) is 0 Å². The molecular weight excluding hydrogens is 505 g/mol. The Bertz CT molecular complexity index is 1300. The molecule has 4 heterocycles. The van der Waals surface area contributed by atoms with Crippen LogP contribution in [0.15, 0.2) is 41.7 Å². The van der Waals surface area contributed by atoms with Crippen LogP contribution in [-0.2, 0) is 17.1 Å². The van der Waals surface area contributed by atoms with Crippen molar-refractivity contribution in [3.05, 3.63) is 48.0 Å². The van der Waals surface area contributed by atoms with Gasteiger partial charge in [0.15, 0.2) is 0 Å². The molecule has 1 unspecified atom stereocenters. The molecule has 5 rings (SSSR count). The summed E-state index contributed by atoms with van der Waals surface area (Å²) in [6.45, 7) is 0.574. The second-order valence-corrected chi connectivity index (χ2v) is 11.1. The molecule has 14 heteroatoms. The van der Waals surface area contributed by atoms with Gasteiger partial charge in [0.25, 0.3) is 10.0 Å². The number of alkyl halides is 3. The lowest BCUT2D eigenvalue weighted by molar-refractivity contribution is -0.192. The number of aromatic nitrogens is 4. The third-order valence-corrected chi connectivity index (χ3v) is 8.64. The second kappa shape index (κ2) is 9.06. The summed E-state index contributed by atoms with van der Waals surface area (Å²) in [5.41, 5.74) is 1.47. The fraction of sp³-hybridized carbons (Fsp3) is 0.476. The summed E-state index contributed by atoms with van der Waals surface area (Å²) in [6.07, 6.45) is -0.905. The zero-order valence-corrected chi connectivity index (χ0v) is 20.3. The van der Waals surface area contributed by atoms with Crippen LogP contribution in [0.3, 0.4) is 0 Å². The van der Waals surface area contributed by atoms with Gasteiger partial charge in [-0.3, -0.25) is 14.3 Å². The van der Waals surface area contributed by atoms with Crippen LogP contribution < -0.4 is 9.46 Å². The number of nitrogens with zero attached hydrogens (tertiary/aromatic N) is 5. The van der Waals surface area contributed by atoms with Crippen molar-refractivity contribution in [2.75, 3.05) is 17.9 Å². The van der Waals surface area contributed by atoms with E-state index in [1.807, 2.05) is 0 Å². The highest BCUT2D eigenvalue weighted by Crippen LogP contribution is 2.48. The maximum Gasteiger partial charge on any atom is 0.391 e. The van der Waals surface area contributed by atoms with E-state index in [0.29, 0.717) is 24.5 Å². The van der Waals surface area contributed by atoms with Crippen LogP contribution in [0.25, 0.3) is 0 Å². The molecule has 1 aromatic carbocycles. The Morgan fingerprint density at radius 2 is 2.03 bits per heavy atom. The first-order valence-corrected chi connectivity index (χ1v) is 13.3. The highest BCUT2D eigenvalue weighted by atomic mass is 32.2. The number of halogens is 3. The van der Waals surface area contributed by atoms with Gasteiger partial charge in [-0.1, -0.05) is 6.07 Å². The van der Waals surface area contributed by atoms with Gasteiger partial charge in [0, 0.05) is 55.4 Å². The lowest BCUT2D eigenvalue weighted by Crippen LogP contribution is -2.44. The van der Waals surface area contributed by atoms with Gasteiger partial charge >= 0.3 is 6.18 Å². The smallest absolute Gasteiger partial charge is 0.391 e. The second-order valence-electron chi connectivity index (χ2n) is 8.60. The number of aryl methyl sites for hydroxylation is 1. The molecule has 2 aliphatic rings. The number of benzene rings is 1. The molecule has 0 aliphatic carbocycles. The van der Waals surface area contributed by atoms with Gasteiger partial charge < -0.3 is 4.74 Å². The number of hydrogen-bond donors (Lipinski definition) is 1. The fourth-order valence-corrected chi connectivity index (χ4v) is 6.59. The van der Waals surface area contributed by atoms with E-state index >= 15 is 0 Å². The SMILES string of the molecule is Cn1nccc1[C@H]1CC(C(F)(F)F)CCN1[C@H]1CCOc2cc(S(=O)(=O)Nc3ncns3)ccc21. The van der Waals surface area contributed by atoms with Crippen LogP contribution in [0, 0.1) is 5.92 Å². The van der Waals surface area contributed by atoms with Gasteiger partial charge in [0.1, 0.15) is 12.1 Å². The zero-order chi connectivity index (χ0) is 24.8. The van der Waals surface area contributed by atoms with E-state index in [9.17, 15) is 21.6 Å². The molecule has 1 saturated heterocycles. The Hall–Kier alpha value is -2.71. The Morgan fingerprint density at radius 1 is 1.20 bits per heavy atom. The number of nitrogens with one attached hydrogen (secondary N) is 1. The van der Waals surface area contributed by atoms with Gasteiger partial charge in [0.05, 0.1) is 29.2 Å². The minimum Gasteiger partial charge on any atom is -0.493 e. The van der Waals surface area contributed by atoms with Crippen molar-refractivity contribution in [2.24, 2.45) is 13.0 Å². The number of anilines is 1. The van der Waals surface area contributed by atoms with E-state index in [1.165, 1.54) is 18.5 Å². The average molecular weight is 529 g/mol. The molecular formula is C21H23F3N6O3S2. The number of hydrogen-bond acceptors (Lipinski definition) is 8. The van der Waals surface area contributed by atoms with Crippen LogP contribution in [0.5, 0.6) is 5.75 Å². The van der Waals surface area contributed by atoms with Crippen molar-refractivity contribution < 1.29 is 26.3 Å². The molecule has 0 saturated carbocycles. The first-order valence-electron chi connectivity index (χ1n) is 11.0. The normalized spacial score (nSPS) is 23.5. The van der Waals surface area contributed by atoms with Crippen molar-refractivity contribution in [3.8, 4) is 5.75 Å². The molecule has 3 aromatic rings. The van der Waals surface area contributed by atoms with Crippen LogP contribution in [0.4, 0.5) is 18.3 Å². The van der Waals surface area contributed by atoms with E-state index in [2.05, 4.69) is 24.1 Å². The highest BCUT2D eigenvalue weighted by molar-refractivity contribution is 7.93. The summed E-state index contributed by atoms with van der Waals surface area (Å²) in [5.74, 6) is -0.986. The molecule has 9 nitrogen and oxygen atoms in total. The Kier molecular flexibility index (Phi) is 6.21. The molecule has 0 spiro atoms. The van der Waals surface area contributed by atoms with Gasteiger partial charge in [-0.15, -0.1) is 0 Å². The molecule has 1 fully saturated rings. The number of piperidine rings is 1. The lowest BCUT2D eigenvalue weighted by atomic mass is 9.85. The predicted molar refractivity (Wildman–Crippen MR) is 121 cm³/mol. The molecule has 35 heavy (non-hydrogen) atoms. The molecule has 3 atom stereocenters. The summed E-state index contributed by atoms with van der Waals surface area (Å²) in [5, 5.41) is 4.32. The summed E-state index contributed by atoms with van der Waals surface area (Å²) >= 11 is 0.918. The zero-order valence-electron chi connectivity index (χ0n) is 18.6. The van der Waals surface area contributed by atoms with Crippen molar-refractivity contribution >= 4 is 26.7 Å². The third-order valence-electron chi connectivity index (χ3n) is 6.59. The minimum absolute atomic E-state index is 0.00275. The number of rotatable bonds is 5. The average Bonchev–Trinajstić information content (AvgIpc) is 3.48. The van der Waals surface area contributed by atoms with Gasteiger partial charge in [-0.25, -0.2) is 13.4 Å².